The molecule has 0 aromatic carbocycles. The Kier molecular flexibility index (Phi) is 7.20. The highest BCUT2D eigenvalue weighted by Gasteiger charge is 2.10. The predicted octanol–water partition coefficient (Wildman–Crippen LogP) is 2.74. The summed E-state index contributed by atoms with van der Waals surface area (Å²) in [5.74, 6) is 0.865. The molecule has 1 N–H and O–H groups in total. The molecule has 0 fully saturated rings. The van der Waals surface area contributed by atoms with Crippen LogP contribution in [-0.4, -0.2) is 37.1 Å². The average molecular weight is 214 g/mol. The fourth-order valence-electron chi connectivity index (χ4n) is 1.70. The van der Waals surface area contributed by atoms with Gasteiger partial charge < -0.3 is 10.2 Å². The third-order valence-electron chi connectivity index (χ3n) is 2.87. The molecule has 0 saturated carbocycles. The summed E-state index contributed by atoms with van der Waals surface area (Å²) in [4.78, 5) is 2.44. The third kappa shape index (κ3) is 8.88. The standard InChI is InChI=1S/C13H30N2/c1-7-12(8-2)11-15(6)10-9-14-13(3,4)5/h12,14H,7-11H2,1-6H3. The summed E-state index contributed by atoms with van der Waals surface area (Å²) in [6.45, 7) is 14.7. The molecule has 0 rings (SSSR count). The molecule has 0 saturated heterocycles. The molecule has 0 aliphatic rings. The van der Waals surface area contributed by atoms with Crippen LogP contribution >= 0.6 is 0 Å². The van der Waals surface area contributed by atoms with E-state index < -0.39 is 0 Å². The van der Waals surface area contributed by atoms with Crippen molar-refractivity contribution >= 4 is 0 Å². The monoisotopic (exact) mass is 214 g/mol. The zero-order valence-corrected chi connectivity index (χ0v) is 11.6. The SMILES string of the molecule is CCC(CC)CN(C)CCNC(C)(C)C. The number of nitrogens with one attached hydrogen (secondary N) is 1. The molecular formula is C13H30N2. The lowest BCUT2D eigenvalue weighted by molar-refractivity contribution is 0.257. The molecule has 0 amide bonds. The van der Waals surface area contributed by atoms with Gasteiger partial charge >= 0.3 is 0 Å². The maximum absolute atomic E-state index is 3.52. The maximum Gasteiger partial charge on any atom is 0.0104 e. The third-order valence-corrected chi connectivity index (χ3v) is 2.87. The molecule has 0 aromatic rings. The first kappa shape index (κ1) is 14.9. The van der Waals surface area contributed by atoms with Crippen LogP contribution in [0.5, 0.6) is 0 Å². The molecule has 0 atom stereocenters. The van der Waals surface area contributed by atoms with Crippen molar-refractivity contribution in [1.29, 1.82) is 0 Å². The van der Waals surface area contributed by atoms with Crippen molar-refractivity contribution in [3.8, 4) is 0 Å². The van der Waals surface area contributed by atoms with E-state index in [2.05, 4.69) is 51.9 Å². The molecule has 0 bridgehead atoms. The topological polar surface area (TPSA) is 15.3 Å². The van der Waals surface area contributed by atoms with Crippen LogP contribution in [0.1, 0.15) is 47.5 Å². The van der Waals surface area contributed by atoms with Crippen LogP contribution in [-0.2, 0) is 0 Å². The van der Waals surface area contributed by atoms with Crippen molar-refractivity contribution in [2.45, 2.75) is 53.0 Å². The van der Waals surface area contributed by atoms with Gasteiger partial charge in [0.15, 0.2) is 0 Å². The Morgan fingerprint density at radius 3 is 2.07 bits per heavy atom. The van der Waals surface area contributed by atoms with Crippen LogP contribution in [0.15, 0.2) is 0 Å². The van der Waals surface area contributed by atoms with Crippen LogP contribution in [0, 0.1) is 5.92 Å². The normalized spacial score (nSPS) is 12.8. The number of nitrogens with zero attached hydrogens (tertiary/aromatic N) is 1. The number of likely N-dealkylation sites (N-methyl/N-ethyl adjacent to an activating group) is 1. The van der Waals surface area contributed by atoms with Gasteiger partial charge in [-0.05, 0) is 33.7 Å². The van der Waals surface area contributed by atoms with Crippen molar-refractivity contribution < 1.29 is 0 Å². The molecule has 92 valence electrons. The van der Waals surface area contributed by atoms with Crippen LogP contribution in [0.3, 0.4) is 0 Å². The Hall–Kier alpha value is -0.0800. The fraction of sp³-hybridized carbons (Fsp3) is 1.00. The van der Waals surface area contributed by atoms with E-state index in [9.17, 15) is 0 Å². The zero-order valence-electron chi connectivity index (χ0n) is 11.6. The Bertz CT molecular complexity index is 145. The summed E-state index contributed by atoms with van der Waals surface area (Å²) >= 11 is 0. The Balaban J connectivity index is 3.61. The van der Waals surface area contributed by atoms with E-state index >= 15 is 0 Å². The van der Waals surface area contributed by atoms with Crippen LogP contribution in [0.2, 0.25) is 0 Å². The quantitative estimate of drug-likeness (QED) is 0.701. The Morgan fingerprint density at radius 1 is 1.13 bits per heavy atom. The Labute approximate surface area is 96.4 Å². The van der Waals surface area contributed by atoms with Crippen LogP contribution < -0.4 is 5.32 Å². The molecule has 0 aliphatic carbocycles. The molecule has 15 heavy (non-hydrogen) atoms. The van der Waals surface area contributed by atoms with Gasteiger partial charge in [0.25, 0.3) is 0 Å². The maximum atomic E-state index is 3.52. The first-order valence-electron chi connectivity index (χ1n) is 6.32. The minimum absolute atomic E-state index is 0.246. The molecule has 0 heterocycles. The number of rotatable bonds is 7. The second-order valence-electron chi connectivity index (χ2n) is 5.62. The number of hydrogen-bond acceptors (Lipinski definition) is 2. The van der Waals surface area contributed by atoms with Crippen LogP contribution in [0.4, 0.5) is 0 Å². The zero-order chi connectivity index (χ0) is 11.9. The van der Waals surface area contributed by atoms with Crippen LogP contribution in [0.25, 0.3) is 0 Å². The predicted molar refractivity (Wildman–Crippen MR) is 69.3 cm³/mol. The lowest BCUT2D eigenvalue weighted by atomic mass is 10.0. The van der Waals surface area contributed by atoms with E-state index in [0.717, 1.165) is 19.0 Å². The second-order valence-corrected chi connectivity index (χ2v) is 5.62. The van der Waals surface area contributed by atoms with E-state index in [1.807, 2.05) is 0 Å². The van der Waals surface area contributed by atoms with Gasteiger partial charge in [-0.15, -0.1) is 0 Å². The highest BCUT2D eigenvalue weighted by atomic mass is 15.1. The molecule has 0 unspecified atom stereocenters. The van der Waals surface area contributed by atoms with E-state index in [4.69, 9.17) is 0 Å². The fourth-order valence-corrected chi connectivity index (χ4v) is 1.70. The summed E-state index contributed by atoms with van der Waals surface area (Å²) in [6, 6.07) is 0. The highest BCUT2D eigenvalue weighted by Crippen LogP contribution is 2.08. The van der Waals surface area contributed by atoms with Gasteiger partial charge in [-0.2, -0.15) is 0 Å². The van der Waals surface area contributed by atoms with Crippen molar-refractivity contribution in [1.82, 2.24) is 10.2 Å². The lowest BCUT2D eigenvalue weighted by Gasteiger charge is -2.25. The van der Waals surface area contributed by atoms with Gasteiger partial charge in [0.05, 0.1) is 0 Å². The summed E-state index contributed by atoms with van der Waals surface area (Å²) in [7, 11) is 2.22. The van der Waals surface area contributed by atoms with Gasteiger partial charge in [-0.3, -0.25) is 0 Å². The van der Waals surface area contributed by atoms with Gasteiger partial charge in [0, 0.05) is 25.2 Å². The van der Waals surface area contributed by atoms with E-state index in [1.165, 1.54) is 19.4 Å². The summed E-state index contributed by atoms with van der Waals surface area (Å²) in [6.07, 6.45) is 2.60. The van der Waals surface area contributed by atoms with Crippen molar-refractivity contribution in [3.05, 3.63) is 0 Å². The van der Waals surface area contributed by atoms with Gasteiger partial charge in [0.1, 0.15) is 0 Å². The smallest absolute Gasteiger partial charge is 0.0104 e. The summed E-state index contributed by atoms with van der Waals surface area (Å²) < 4.78 is 0. The minimum atomic E-state index is 0.246. The molecule has 0 radical (unpaired) electrons. The largest absolute Gasteiger partial charge is 0.311 e. The lowest BCUT2D eigenvalue weighted by Crippen LogP contribution is -2.41. The first-order valence-corrected chi connectivity index (χ1v) is 6.32. The average Bonchev–Trinajstić information content (AvgIpc) is 2.12. The molecule has 0 aliphatic heterocycles. The van der Waals surface area contributed by atoms with E-state index in [1.54, 1.807) is 0 Å². The Morgan fingerprint density at radius 2 is 1.67 bits per heavy atom. The summed E-state index contributed by atoms with van der Waals surface area (Å²) in [5.41, 5.74) is 0.246. The molecule has 2 heteroatoms. The van der Waals surface area contributed by atoms with Crippen molar-refractivity contribution in [2.75, 3.05) is 26.7 Å². The molecule has 0 spiro atoms. The van der Waals surface area contributed by atoms with E-state index in [0.29, 0.717) is 0 Å². The second kappa shape index (κ2) is 7.24. The van der Waals surface area contributed by atoms with Crippen molar-refractivity contribution in [2.24, 2.45) is 5.92 Å². The van der Waals surface area contributed by atoms with Gasteiger partial charge in [-0.1, -0.05) is 26.7 Å². The van der Waals surface area contributed by atoms with Gasteiger partial charge in [0.2, 0.25) is 0 Å². The number of hydrogen-bond donors (Lipinski definition) is 1. The van der Waals surface area contributed by atoms with Crippen molar-refractivity contribution in [3.63, 3.8) is 0 Å². The highest BCUT2D eigenvalue weighted by molar-refractivity contribution is 4.71. The molecule has 0 aromatic heterocycles. The summed E-state index contributed by atoms with van der Waals surface area (Å²) in [5, 5.41) is 3.52. The molecule has 2 nitrogen and oxygen atoms in total. The van der Waals surface area contributed by atoms with Gasteiger partial charge in [-0.25, -0.2) is 0 Å². The van der Waals surface area contributed by atoms with E-state index in [-0.39, 0.29) is 5.54 Å². The first-order chi connectivity index (χ1) is 6.89. The minimum Gasteiger partial charge on any atom is -0.311 e. The molecular weight excluding hydrogens is 184 g/mol.